The van der Waals surface area contributed by atoms with Crippen molar-refractivity contribution in [3.8, 4) is 5.75 Å². The van der Waals surface area contributed by atoms with Crippen LogP contribution in [-0.2, 0) is 4.79 Å². The number of carboxylic acid groups (broad SMARTS) is 1. The van der Waals surface area contributed by atoms with Crippen molar-refractivity contribution in [1.29, 1.82) is 0 Å². The highest BCUT2D eigenvalue weighted by molar-refractivity contribution is 6.09. The van der Waals surface area contributed by atoms with E-state index >= 15 is 0 Å². The van der Waals surface area contributed by atoms with Crippen molar-refractivity contribution in [1.82, 2.24) is 0 Å². The van der Waals surface area contributed by atoms with Gasteiger partial charge in [-0.05, 0) is 56.4 Å². The Bertz CT molecular complexity index is 772. The lowest BCUT2D eigenvalue weighted by atomic mass is 9.98. The molecule has 4 heteroatoms. The van der Waals surface area contributed by atoms with Gasteiger partial charge in [-0.2, -0.15) is 0 Å². The SMILES string of the molecule is Cc1cc(C(=O)c2ccccc2)cc(C)c1O[C@H]1CC[C@H](C(=O)O)C1. The maximum Gasteiger partial charge on any atom is 0.306 e. The molecular weight excluding hydrogens is 316 g/mol. The second kappa shape index (κ2) is 7.09. The summed E-state index contributed by atoms with van der Waals surface area (Å²) in [6, 6.07) is 12.9. The third-order valence-corrected chi connectivity index (χ3v) is 4.78. The Morgan fingerprint density at radius 1 is 1.00 bits per heavy atom. The van der Waals surface area contributed by atoms with Gasteiger partial charge in [-0.1, -0.05) is 30.3 Å². The summed E-state index contributed by atoms with van der Waals surface area (Å²) in [5, 5.41) is 9.12. The van der Waals surface area contributed by atoms with Gasteiger partial charge in [0, 0.05) is 11.1 Å². The van der Waals surface area contributed by atoms with Crippen molar-refractivity contribution in [3.05, 3.63) is 64.7 Å². The smallest absolute Gasteiger partial charge is 0.306 e. The molecule has 0 heterocycles. The molecule has 2 aromatic carbocycles. The second-order valence-corrected chi connectivity index (χ2v) is 6.72. The summed E-state index contributed by atoms with van der Waals surface area (Å²) in [7, 11) is 0. The average molecular weight is 338 g/mol. The number of benzene rings is 2. The maximum absolute atomic E-state index is 12.6. The molecule has 1 aliphatic rings. The zero-order valence-electron chi connectivity index (χ0n) is 14.5. The summed E-state index contributed by atoms with van der Waals surface area (Å²) in [6.07, 6.45) is 1.87. The predicted octanol–water partition coefficient (Wildman–Crippen LogP) is 4.17. The fourth-order valence-electron chi connectivity index (χ4n) is 3.46. The third kappa shape index (κ3) is 3.73. The van der Waals surface area contributed by atoms with Crippen molar-refractivity contribution in [2.45, 2.75) is 39.2 Å². The fraction of sp³-hybridized carbons (Fsp3) is 0.333. The highest BCUT2D eigenvalue weighted by Gasteiger charge is 2.31. The van der Waals surface area contributed by atoms with Crippen LogP contribution >= 0.6 is 0 Å². The first-order valence-corrected chi connectivity index (χ1v) is 8.56. The summed E-state index contributed by atoms with van der Waals surface area (Å²) in [5.41, 5.74) is 3.11. The van der Waals surface area contributed by atoms with Gasteiger partial charge in [0.1, 0.15) is 5.75 Å². The summed E-state index contributed by atoms with van der Waals surface area (Å²) < 4.78 is 6.08. The highest BCUT2D eigenvalue weighted by atomic mass is 16.5. The van der Waals surface area contributed by atoms with E-state index in [-0.39, 0.29) is 17.8 Å². The van der Waals surface area contributed by atoms with Crippen LogP contribution in [0, 0.1) is 19.8 Å². The zero-order chi connectivity index (χ0) is 18.0. The van der Waals surface area contributed by atoms with Gasteiger partial charge < -0.3 is 9.84 Å². The van der Waals surface area contributed by atoms with Crippen LogP contribution in [0.1, 0.15) is 46.3 Å². The van der Waals surface area contributed by atoms with Crippen LogP contribution in [0.25, 0.3) is 0 Å². The number of rotatable bonds is 5. The number of aryl methyl sites for hydroxylation is 2. The Balaban J connectivity index is 1.79. The molecule has 1 N–H and O–H groups in total. The van der Waals surface area contributed by atoms with E-state index in [0.717, 1.165) is 23.3 Å². The van der Waals surface area contributed by atoms with Crippen molar-refractivity contribution in [2.24, 2.45) is 5.92 Å². The molecule has 4 nitrogen and oxygen atoms in total. The molecule has 1 saturated carbocycles. The zero-order valence-corrected chi connectivity index (χ0v) is 14.5. The molecule has 0 unspecified atom stereocenters. The molecule has 25 heavy (non-hydrogen) atoms. The van der Waals surface area contributed by atoms with Crippen LogP contribution in [0.5, 0.6) is 5.75 Å². The van der Waals surface area contributed by atoms with Crippen molar-refractivity contribution < 1.29 is 19.4 Å². The van der Waals surface area contributed by atoms with Crippen LogP contribution in [-0.4, -0.2) is 23.0 Å². The fourth-order valence-corrected chi connectivity index (χ4v) is 3.46. The van der Waals surface area contributed by atoms with E-state index in [0.29, 0.717) is 24.0 Å². The molecule has 0 aliphatic heterocycles. The average Bonchev–Trinajstić information content (AvgIpc) is 3.07. The van der Waals surface area contributed by atoms with Crippen molar-refractivity contribution in [3.63, 3.8) is 0 Å². The van der Waals surface area contributed by atoms with Crippen LogP contribution < -0.4 is 4.74 Å². The number of carbonyl (C=O) groups excluding carboxylic acids is 1. The summed E-state index contributed by atoms with van der Waals surface area (Å²) in [4.78, 5) is 23.7. The number of ketones is 1. The van der Waals surface area contributed by atoms with Gasteiger partial charge in [0.2, 0.25) is 0 Å². The van der Waals surface area contributed by atoms with Gasteiger partial charge in [0.15, 0.2) is 5.78 Å². The first-order valence-electron chi connectivity index (χ1n) is 8.56. The number of hydrogen-bond donors (Lipinski definition) is 1. The van der Waals surface area contributed by atoms with E-state index in [1.54, 1.807) is 0 Å². The monoisotopic (exact) mass is 338 g/mol. The van der Waals surface area contributed by atoms with Crippen molar-refractivity contribution >= 4 is 11.8 Å². The van der Waals surface area contributed by atoms with Crippen LogP contribution in [0.4, 0.5) is 0 Å². The number of carboxylic acids is 1. The van der Waals surface area contributed by atoms with Gasteiger partial charge in [0.05, 0.1) is 12.0 Å². The number of hydrogen-bond acceptors (Lipinski definition) is 3. The first-order chi connectivity index (χ1) is 12.0. The van der Waals surface area contributed by atoms with Crippen LogP contribution in [0.2, 0.25) is 0 Å². The Morgan fingerprint density at radius 2 is 1.64 bits per heavy atom. The number of aliphatic carboxylic acids is 1. The topological polar surface area (TPSA) is 63.6 Å². The molecule has 2 atom stereocenters. The minimum atomic E-state index is -0.747. The Kier molecular flexibility index (Phi) is 4.88. The lowest BCUT2D eigenvalue weighted by Gasteiger charge is -2.18. The molecule has 0 bridgehead atoms. The molecule has 0 saturated heterocycles. The predicted molar refractivity (Wildman–Crippen MR) is 95.2 cm³/mol. The summed E-state index contributed by atoms with van der Waals surface area (Å²) in [5.74, 6) is -0.307. The molecule has 1 fully saturated rings. The Labute approximate surface area is 147 Å². The lowest BCUT2D eigenvalue weighted by molar-refractivity contribution is -0.141. The van der Waals surface area contributed by atoms with E-state index < -0.39 is 5.97 Å². The van der Waals surface area contributed by atoms with Gasteiger partial charge in [-0.15, -0.1) is 0 Å². The van der Waals surface area contributed by atoms with E-state index in [4.69, 9.17) is 9.84 Å². The molecule has 3 rings (SSSR count). The molecule has 0 aromatic heterocycles. The van der Waals surface area contributed by atoms with Gasteiger partial charge in [-0.3, -0.25) is 9.59 Å². The Hall–Kier alpha value is -2.62. The maximum atomic E-state index is 12.6. The minimum Gasteiger partial charge on any atom is -0.490 e. The Morgan fingerprint density at radius 3 is 2.20 bits per heavy atom. The van der Waals surface area contributed by atoms with E-state index in [1.807, 2.05) is 56.3 Å². The number of ether oxygens (including phenoxy) is 1. The minimum absolute atomic E-state index is 0.00911. The largest absolute Gasteiger partial charge is 0.490 e. The normalized spacial score (nSPS) is 19.6. The third-order valence-electron chi connectivity index (χ3n) is 4.78. The van der Waals surface area contributed by atoms with Crippen LogP contribution in [0.15, 0.2) is 42.5 Å². The van der Waals surface area contributed by atoms with Crippen LogP contribution in [0.3, 0.4) is 0 Å². The van der Waals surface area contributed by atoms with Gasteiger partial charge >= 0.3 is 5.97 Å². The molecule has 130 valence electrons. The lowest BCUT2D eigenvalue weighted by Crippen LogP contribution is -2.16. The van der Waals surface area contributed by atoms with Crippen molar-refractivity contribution in [2.75, 3.05) is 0 Å². The van der Waals surface area contributed by atoms with E-state index in [1.165, 1.54) is 0 Å². The first kappa shape index (κ1) is 17.2. The van der Waals surface area contributed by atoms with Gasteiger partial charge in [0.25, 0.3) is 0 Å². The molecule has 2 aromatic rings. The highest BCUT2D eigenvalue weighted by Crippen LogP contribution is 2.33. The van der Waals surface area contributed by atoms with E-state index in [9.17, 15) is 9.59 Å². The molecule has 1 aliphatic carbocycles. The quantitative estimate of drug-likeness (QED) is 0.831. The molecule has 0 amide bonds. The van der Waals surface area contributed by atoms with E-state index in [2.05, 4.69) is 0 Å². The molecular formula is C21H22O4. The molecule has 0 spiro atoms. The number of carbonyl (C=O) groups is 2. The second-order valence-electron chi connectivity index (χ2n) is 6.72. The van der Waals surface area contributed by atoms with Gasteiger partial charge in [-0.25, -0.2) is 0 Å². The molecule has 0 radical (unpaired) electrons. The summed E-state index contributed by atoms with van der Waals surface area (Å²) >= 11 is 0. The standard InChI is InChI=1S/C21H22O4/c1-13-10-17(19(22)15-6-4-3-5-7-15)11-14(2)20(13)25-18-9-8-16(12-18)21(23)24/h3-7,10-11,16,18H,8-9,12H2,1-2H3,(H,23,24)/t16-,18-/m0/s1. The summed E-state index contributed by atoms with van der Waals surface area (Å²) in [6.45, 7) is 3.85.